The van der Waals surface area contributed by atoms with Gasteiger partial charge in [0.1, 0.15) is 34.0 Å². The van der Waals surface area contributed by atoms with Gasteiger partial charge in [0.2, 0.25) is 5.89 Å². The highest BCUT2D eigenvalue weighted by molar-refractivity contribution is 6.31. The second-order valence-corrected chi connectivity index (χ2v) is 8.65. The lowest BCUT2D eigenvalue weighted by Gasteiger charge is -2.29. The molecule has 0 amide bonds. The Morgan fingerprint density at radius 2 is 1.88 bits per heavy atom. The largest absolute Gasteiger partial charge is 0.507 e. The molecule has 1 aliphatic carbocycles. The lowest BCUT2D eigenvalue weighted by molar-refractivity contribution is -0.123. The van der Waals surface area contributed by atoms with Crippen molar-refractivity contribution >= 4 is 17.3 Å². The van der Waals surface area contributed by atoms with E-state index in [0.717, 1.165) is 0 Å². The van der Waals surface area contributed by atoms with Gasteiger partial charge in [0.05, 0.1) is 11.1 Å². The number of aromatic hydroxyl groups is 2. The van der Waals surface area contributed by atoms with Crippen LogP contribution < -0.4 is 10.1 Å². The van der Waals surface area contributed by atoms with Crippen molar-refractivity contribution in [2.24, 2.45) is 0 Å². The molecule has 2 aliphatic rings. The Morgan fingerprint density at radius 3 is 2.50 bits per heavy atom. The zero-order valence-corrected chi connectivity index (χ0v) is 19.5. The number of rotatable bonds is 6. The maximum Gasteiger partial charge on any atom is 0.226 e. The van der Waals surface area contributed by atoms with Gasteiger partial charge in [-0.15, -0.1) is 0 Å². The fraction of sp³-hybridized carbons (Fsp3) is 0.375. The molecule has 0 radical (unpaired) electrons. The van der Waals surface area contributed by atoms with Gasteiger partial charge in [-0.05, 0) is 41.0 Å². The summed E-state index contributed by atoms with van der Waals surface area (Å²) in [5.74, 6) is -1.44. The van der Waals surface area contributed by atoms with Crippen LogP contribution in [-0.4, -0.2) is 44.2 Å². The van der Waals surface area contributed by atoms with Gasteiger partial charge in [-0.1, -0.05) is 5.16 Å². The molecule has 1 aliphatic heterocycles. The number of Topliss-reactive ketones (excluding diaryl/α,β-unsaturated/α-hetero) is 2. The molecule has 0 saturated carbocycles. The Morgan fingerprint density at radius 1 is 1.18 bits per heavy atom. The van der Waals surface area contributed by atoms with Crippen molar-refractivity contribution in [3.8, 4) is 17.2 Å². The molecule has 0 spiro atoms. The van der Waals surface area contributed by atoms with Gasteiger partial charge in [-0.2, -0.15) is 4.98 Å². The fourth-order valence-corrected chi connectivity index (χ4v) is 4.41. The summed E-state index contributed by atoms with van der Waals surface area (Å²) in [5.41, 5.74) is -1.24. The van der Waals surface area contributed by atoms with E-state index in [0.29, 0.717) is 36.8 Å². The molecule has 34 heavy (non-hydrogen) atoms. The van der Waals surface area contributed by atoms with E-state index in [9.17, 15) is 24.6 Å². The van der Waals surface area contributed by atoms with Crippen LogP contribution in [0.1, 0.15) is 60.4 Å². The Hall–Kier alpha value is -3.95. The summed E-state index contributed by atoms with van der Waals surface area (Å²) in [7, 11) is 0. The summed E-state index contributed by atoms with van der Waals surface area (Å²) in [4.78, 5) is 43.0. The van der Waals surface area contributed by atoms with Crippen LogP contribution in [0.25, 0.3) is 0 Å². The second-order valence-electron chi connectivity index (χ2n) is 8.65. The zero-order chi connectivity index (χ0) is 24.9. The number of ether oxygens (including phenoxy) is 1. The molecule has 3 N–H and O–H groups in total. The van der Waals surface area contributed by atoms with Crippen molar-refractivity contribution in [2.45, 2.75) is 52.9 Å². The molecule has 4 rings (SSSR count). The average Bonchev–Trinajstić information content (AvgIpc) is 3.30. The fourth-order valence-electron chi connectivity index (χ4n) is 4.41. The molecule has 10 heteroatoms. The number of aromatic nitrogens is 2. The van der Waals surface area contributed by atoms with E-state index < -0.39 is 28.5 Å². The third kappa shape index (κ3) is 3.37. The van der Waals surface area contributed by atoms with Crippen molar-refractivity contribution < 1.29 is 33.9 Å². The number of nitrogens with one attached hydrogen (secondary N) is 1. The minimum atomic E-state index is -1.53. The van der Waals surface area contributed by atoms with Gasteiger partial charge in [-0.25, -0.2) is 0 Å². The quantitative estimate of drug-likeness (QED) is 0.250. The number of allylic oxidation sites excluding steroid dienone is 4. The predicted molar refractivity (Wildman–Crippen MR) is 119 cm³/mol. The number of phenols is 2. The number of benzene rings is 1. The molecule has 0 fully saturated rings. The van der Waals surface area contributed by atoms with E-state index in [-0.39, 0.29) is 39.5 Å². The summed E-state index contributed by atoms with van der Waals surface area (Å²) in [5, 5.41) is 28.1. The topological polar surface area (TPSA) is 152 Å². The van der Waals surface area contributed by atoms with Crippen LogP contribution in [0.2, 0.25) is 0 Å². The molecule has 10 nitrogen and oxygen atoms in total. The number of fused-ring (bicyclic) bond motifs is 3. The molecule has 2 heterocycles. The molecule has 1 aromatic carbocycles. The van der Waals surface area contributed by atoms with Crippen LogP contribution in [-0.2, 0) is 21.4 Å². The normalized spacial score (nSPS) is 20.4. The smallest absolute Gasteiger partial charge is 0.226 e. The summed E-state index contributed by atoms with van der Waals surface area (Å²) in [6, 6.07) is 0. The summed E-state index contributed by atoms with van der Waals surface area (Å²) >= 11 is 0. The van der Waals surface area contributed by atoms with E-state index in [1.807, 2.05) is 0 Å². The van der Waals surface area contributed by atoms with Crippen LogP contribution in [0.4, 0.5) is 0 Å². The number of phenolic OH excluding ortho intramolecular Hbond substituents is 2. The average molecular weight is 467 g/mol. The number of hydrogen-bond acceptors (Lipinski definition) is 10. The first-order chi connectivity index (χ1) is 16.0. The van der Waals surface area contributed by atoms with E-state index in [4.69, 9.17) is 9.26 Å². The molecule has 1 atom stereocenters. The molecular formula is C24H25N3O7. The van der Waals surface area contributed by atoms with Crippen molar-refractivity contribution in [3.63, 3.8) is 0 Å². The van der Waals surface area contributed by atoms with Crippen LogP contribution in [0, 0.1) is 13.8 Å². The maximum absolute atomic E-state index is 13.7. The maximum atomic E-state index is 13.7. The predicted octanol–water partition coefficient (Wildman–Crippen LogP) is 2.48. The van der Waals surface area contributed by atoms with Crippen LogP contribution >= 0.6 is 0 Å². The molecule has 2 aromatic rings. The lowest BCUT2D eigenvalue weighted by atomic mass is 9.70. The Bertz CT molecular complexity index is 1320. The minimum absolute atomic E-state index is 0.00335. The van der Waals surface area contributed by atoms with Crippen molar-refractivity contribution in [1.82, 2.24) is 15.5 Å². The first-order valence-electron chi connectivity index (χ1n) is 10.8. The van der Waals surface area contributed by atoms with Gasteiger partial charge in [-0.3, -0.25) is 14.4 Å². The third-order valence-corrected chi connectivity index (χ3v) is 6.29. The number of hydrogen-bond donors (Lipinski definition) is 3. The molecule has 178 valence electrons. The number of carbonyl (C=O) groups is 3. The van der Waals surface area contributed by atoms with Crippen molar-refractivity contribution in [2.75, 3.05) is 6.54 Å². The highest BCUT2D eigenvalue weighted by atomic mass is 16.5. The minimum Gasteiger partial charge on any atom is -0.507 e. The number of nitrogens with zero attached hydrogens (tertiary/aromatic N) is 2. The van der Waals surface area contributed by atoms with Gasteiger partial charge >= 0.3 is 0 Å². The van der Waals surface area contributed by atoms with Crippen LogP contribution in [0.15, 0.2) is 27.6 Å². The van der Waals surface area contributed by atoms with E-state index in [2.05, 4.69) is 15.5 Å². The Kier molecular flexibility index (Phi) is 5.55. The summed E-state index contributed by atoms with van der Waals surface area (Å²) in [6.45, 7) is 8.03. The van der Waals surface area contributed by atoms with Crippen molar-refractivity contribution in [3.05, 3.63) is 51.5 Å². The van der Waals surface area contributed by atoms with Gasteiger partial charge in [0, 0.05) is 30.3 Å². The molecule has 0 saturated heterocycles. The van der Waals surface area contributed by atoms with Gasteiger partial charge in [0.15, 0.2) is 23.2 Å². The molecule has 1 aromatic heterocycles. The zero-order valence-electron chi connectivity index (χ0n) is 19.5. The van der Waals surface area contributed by atoms with Gasteiger partial charge < -0.3 is 24.8 Å². The van der Waals surface area contributed by atoms with Crippen LogP contribution in [0.5, 0.6) is 17.2 Å². The molecular weight excluding hydrogens is 442 g/mol. The number of carbonyl (C=O) groups excluding carboxylic acids is 3. The SMILES string of the molecule is CC(=O)c1c(O)c(C)c(O)c2c1OC1=CC(=O)C(=C(C)NCCCc3nc(C)no3)C(=O)C12C. The van der Waals surface area contributed by atoms with E-state index in [1.54, 1.807) is 13.8 Å². The summed E-state index contributed by atoms with van der Waals surface area (Å²) < 4.78 is 10.8. The molecule has 0 bridgehead atoms. The second kappa shape index (κ2) is 8.12. The standard InChI is InChI=1S/C24H25N3O7/c1-10-20(30)18(12(3)28)22-19(21(10)31)24(5)15(33-22)9-14(29)17(23(24)32)11(2)25-8-6-7-16-26-13(4)27-34-16/h9,25,30-31H,6-8H2,1-5H3. The highest BCUT2D eigenvalue weighted by Crippen LogP contribution is 2.57. The van der Waals surface area contributed by atoms with Gasteiger partial charge in [0.25, 0.3) is 0 Å². The van der Waals surface area contributed by atoms with Crippen LogP contribution in [0.3, 0.4) is 0 Å². The third-order valence-electron chi connectivity index (χ3n) is 6.29. The summed E-state index contributed by atoms with van der Waals surface area (Å²) in [6.07, 6.45) is 2.35. The Labute approximate surface area is 195 Å². The Balaban J connectivity index is 1.68. The number of ketones is 3. The lowest BCUT2D eigenvalue weighted by Crippen LogP contribution is -2.41. The molecule has 1 unspecified atom stereocenters. The number of aryl methyl sites for hydroxylation is 2. The van der Waals surface area contributed by atoms with E-state index >= 15 is 0 Å². The monoisotopic (exact) mass is 467 g/mol. The van der Waals surface area contributed by atoms with Crippen molar-refractivity contribution in [1.29, 1.82) is 0 Å². The first kappa shape index (κ1) is 23.2. The first-order valence-corrected chi connectivity index (χ1v) is 10.8. The highest BCUT2D eigenvalue weighted by Gasteiger charge is 2.56. The van der Waals surface area contributed by atoms with E-state index in [1.165, 1.54) is 26.8 Å².